The molecule has 1 atom stereocenters. The van der Waals surface area contributed by atoms with E-state index < -0.39 is 18.0 Å². The molecule has 1 aliphatic rings. The molecule has 1 fully saturated rings. The van der Waals surface area contributed by atoms with Gasteiger partial charge in [-0.25, -0.2) is 14.2 Å². The minimum Gasteiger partial charge on any atom is -0.447 e. The Balaban J connectivity index is 1.67. The standard InChI is InChI=1S/C16H14FN3O4/c17-11-5-1-2-6-13(11)24-15-10(4-3-7-18-15)8-19-14(21)12-9-23-16(22)20-12/h1-7,12H,8-9H2,(H,19,21)(H,20,22)/t12-/m0/s1. The fourth-order valence-corrected chi connectivity index (χ4v) is 2.11. The van der Waals surface area contributed by atoms with Crippen LogP contribution in [0.25, 0.3) is 0 Å². The van der Waals surface area contributed by atoms with Crippen LogP contribution in [0, 0.1) is 5.82 Å². The first-order valence-corrected chi connectivity index (χ1v) is 7.21. The maximum Gasteiger partial charge on any atom is 0.407 e. The molecule has 1 aliphatic heterocycles. The number of ether oxygens (including phenoxy) is 2. The number of rotatable bonds is 5. The molecule has 0 saturated carbocycles. The van der Waals surface area contributed by atoms with Crippen LogP contribution in [0.5, 0.6) is 11.6 Å². The van der Waals surface area contributed by atoms with Gasteiger partial charge in [-0.1, -0.05) is 18.2 Å². The number of nitrogens with zero attached hydrogens (tertiary/aromatic N) is 1. The van der Waals surface area contributed by atoms with Crippen LogP contribution >= 0.6 is 0 Å². The van der Waals surface area contributed by atoms with Crippen LogP contribution in [-0.4, -0.2) is 29.6 Å². The van der Waals surface area contributed by atoms with Crippen molar-refractivity contribution in [2.45, 2.75) is 12.6 Å². The monoisotopic (exact) mass is 331 g/mol. The number of carbonyl (C=O) groups excluding carboxylic acids is 2. The molecule has 8 heteroatoms. The highest BCUT2D eigenvalue weighted by atomic mass is 19.1. The smallest absolute Gasteiger partial charge is 0.407 e. The minimum absolute atomic E-state index is 0.0176. The Kier molecular flexibility index (Phi) is 4.55. The van der Waals surface area contributed by atoms with Crippen molar-refractivity contribution in [1.29, 1.82) is 0 Å². The van der Waals surface area contributed by atoms with Gasteiger partial charge in [0.2, 0.25) is 11.8 Å². The molecule has 2 aromatic rings. The lowest BCUT2D eigenvalue weighted by Gasteiger charge is -2.12. The topological polar surface area (TPSA) is 89.6 Å². The molecule has 24 heavy (non-hydrogen) atoms. The second kappa shape index (κ2) is 6.95. The van der Waals surface area contributed by atoms with Crippen LogP contribution in [0.1, 0.15) is 5.56 Å². The predicted molar refractivity (Wildman–Crippen MR) is 80.8 cm³/mol. The summed E-state index contributed by atoms with van der Waals surface area (Å²) in [5.74, 6) is -0.666. The second-order valence-corrected chi connectivity index (χ2v) is 5.01. The number of aromatic nitrogens is 1. The Hall–Kier alpha value is -3.16. The van der Waals surface area contributed by atoms with E-state index in [1.165, 1.54) is 18.3 Å². The maximum atomic E-state index is 13.7. The summed E-state index contributed by atoms with van der Waals surface area (Å²) < 4.78 is 23.8. The molecular weight excluding hydrogens is 317 g/mol. The van der Waals surface area contributed by atoms with Gasteiger partial charge in [0.05, 0.1) is 0 Å². The Morgan fingerprint density at radius 3 is 2.96 bits per heavy atom. The Bertz CT molecular complexity index is 768. The third kappa shape index (κ3) is 3.60. The molecule has 1 aromatic heterocycles. The number of amides is 2. The van der Waals surface area contributed by atoms with Crippen LogP contribution < -0.4 is 15.4 Å². The first-order valence-electron chi connectivity index (χ1n) is 7.21. The lowest BCUT2D eigenvalue weighted by Crippen LogP contribution is -2.42. The minimum atomic E-state index is -0.731. The number of cyclic esters (lactones) is 1. The van der Waals surface area contributed by atoms with Gasteiger partial charge in [0, 0.05) is 18.3 Å². The quantitative estimate of drug-likeness (QED) is 0.871. The highest BCUT2D eigenvalue weighted by molar-refractivity contribution is 5.87. The van der Waals surface area contributed by atoms with Gasteiger partial charge in [-0.05, 0) is 18.2 Å². The Morgan fingerprint density at radius 1 is 1.38 bits per heavy atom. The molecule has 2 heterocycles. The van der Waals surface area contributed by atoms with Crippen LogP contribution in [0.2, 0.25) is 0 Å². The van der Waals surface area contributed by atoms with Crippen molar-refractivity contribution in [3.63, 3.8) is 0 Å². The van der Waals surface area contributed by atoms with E-state index in [-0.39, 0.29) is 30.7 Å². The van der Waals surface area contributed by atoms with E-state index in [0.29, 0.717) is 5.56 Å². The van der Waals surface area contributed by atoms with Gasteiger partial charge in [-0.2, -0.15) is 0 Å². The lowest BCUT2D eigenvalue weighted by atomic mass is 10.2. The molecule has 3 rings (SSSR count). The predicted octanol–water partition coefficient (Wildman–Crippen LogP) is 1.74. The van der Waals surface area contributed by atoms with Gasteiger partial charge in [-0.3, -0.25) is 4.79 Å². The number of halogens is 1. The first kappa shape index (κ1) is 15.7. The van der Waals surface area contributed by atoms with Crippen LogP contribution in [0.3, 0.4) is 0 Å². The number of carbonyl (C=O) groups is 2. The van der Waals surface area contributed by atoms with E-state index in [1.807, 2.05) is 0 Å². The van der Waals surface area contributed by atoms with Crippen molar-refractivity contribution in [3.05, 3.63) is 54.0 Å². The zero-order valence-corrected chi connectivity index (χ0v) is 12.5. The summed E-state index contributed by atoms with van der Waals surface area (Å²) in [5.41, 5.74) is 0.569. The molecule has 2 N–H and O–H groups in total. The molecule has 0 bridgehead atoms. The maximum absolute atomic E-state index is 13.7. The molecule has 1 aromatic carbocycles. The van der Waals surface area contributed by atoms with Crippen molar-refractivity contribution in [1.82, 2.24) is 15.6 Å². The number of alkyl carbamates (subject to hydrolysis) is 1. The van der Waals surface area contributed by atoms with Gasteiger partial charge in [-0.15, -0.1) is 0 Å². The zero-order valence-electron chi connectivity index (χ0n) is 12.5. The number of para-hydroxylation sites is 1. The van der Waals surface area contributed by atoms with Crippen LogP contribution in [0.15, 0.2) is 42.6 Å². The molecule has 0 radical (unpaired) electrons. The molecule has 2 amide bonds. The fourth-order valence-electron chi connectivity index (χ4n) is 2.11. The molecule has 0 spiro atoms. The van der Waals surface area contributed by atoms with E-state index >= 15 is 0 Å². The summed E-state index contributed by atoms with van der Waals surface area (Å²) >= 11 is 0. The summed E-state index contributed by atoms with van der Waals surface area (Å²) in [7, 11) is 0. The summed E-state index contributed by atoms with van der Waals surface area (Å²) in [6.45, 7) is 0.0963. The van der Waals surface area contributed by atoms with Crippen molar-refractivity contribution in [3.8, 4) is 11.6 Å². The third-order valence-electron chi connectivity index (χ3n) is 3.34. The van der Waals surface area contributed by atoms with E-state index in [0.717, 1.165) is 0 Å². The Labute approximate surface area is 136 Å². The third-order valence-corrected chi connectivity index (χ3v) is 3.34. The van der Waals surface area contributed by atoms with Crippen LogP contribution in [-0.2, 0) is 16.1 Å². The van der Waals surface area contributed by atoms with Gasteiger partial charge >= 0.3 is 6.09 Å². The summed E-state index contributed by atoms with van der Waals surface area (Å²) in [4.78, 5) is 27.0. The van der Waals surface area contributed by atoms with Crippen LogP contribution in [0.4, 0.5) is 9.18 Å². The molecule has 7 nitrogen and oxygen atoms in total. The average molecular weight is 331 g/mol. The van der Waals surface area contributed by atoms with E-state index in [1.54, 1.807) is 24.3 Å². The number of pyridine rings is 1. The van der Waals surface area contributed by atoms with Crippen molar-refractivity contribution in [2.75, 3.05) is 6.61 Å². The van der Waals surface area contributed by atoms with E-state index in [4.69, 9.17) is 4.74 Å². The summed E-state index contributed by atoms with van der Waals surface area (Å²) in [6.07, 6.45) is 0.882. The number of hydrogen-bond donors (Lipinski definition) is 2. The van der Waals surface area contributed by atoms with Crippen molar-refractivity contribution in [2.24, 2.45) is 0 Å². The normalized spacial score (nSPS) is 16.2. The van der Waals surface area contributed by atoms with Gasteiger partial charge in [0.1, 0.15) is 12.6 Å². The summed E-state index contributed by atoms with van der Waals surface area (Å²) in [6, 6.07) is 8.61. The molecule has 1 saturated heterocycles. The van der Waals surface area contributed by atoms with E-state index in [9.17, 15) is 14.0 Å². The number of nitrogens with one attached hydrogen (secondary N) is 2. The first-order chi connectivity index (χ1) is 11.6. The summed E-state index contributed by atoms with van der Waals surface area (Å²) in [5, 5.41) is 5.04. The molecular formula is C16H14FN3O4. The Morgan fingerprint density at radius 2 is 2.21 bits per heavy atom. The molecule has 0 unspecified atom stereocenters. The lowest BCUT2D eigenvalue weighted by molar-refractivity contribution is -0.123. The zero-order chi connectivity index (χ0) is 16.9. The average Bonchev–Trinajstić information content (AvgIpc) is 3.02. The SMILES string of the molecule is O=C1N[C@H](C(=O)NCc2cccnc2Oc2ccccc2F)CO1. The van der Waals surface area contributed by atoms with Crippen molar-refractivity contribution < 1.29 is 23.5 Å². The van der Waals surface area contributed by atoms with Crippen molar-refractivity contribution >= 4 is 12.0 Å². The molecule has 124 valence electrons. The highest BCUT2D eigenvalue weighted by Gasteiger charge is 2.28. The fraction of sp³-hybridized carbons (Fsp3) is 0.188. The largest absolute Gasteiger partial charge is 0.447 e. The van der Waals surface area contributed by atoms with Gasteiger partial charge < -0.3 is 20.1 Å². The second-order valence-electron chi connectivity index (χ2n) is 5.01. The van der Waals surface area contributed by atoms with E-state index in [2.05, 4.69) is 20.4 Å². The number of hydrogen-bond acceptors (Lipinski definition) is 5. The number of benzene rings is 1. The molecule has 0 aliphatic carbocycles. The van der Waals surface area contributed by atoms with Gasteiger partial charge in [0.15, 0.2) is 11.6 Å². The highest BCUT2D eigenvalue weighted by Crippen LogP contribution is 2.25. The van der Waals surface area contributed by atoms with Gasteiger partial charge in [0.25, 0.3) is 0 Å².